The van der Waals surface area contributed by atoms with Crippen molar-refractivity contribution in [1.29, 1.82) is 0 Å². The van der Waals surface area contributed by atoms with Gasteiger partial charge in [0.25, 0.3) is 0 Å². The summed E-state index contributed by atoms with van der Waals surface area (Å²) >= 11 is 0. The van der Waals surface area contributed by atoms with E-state index in [0.29, 0.717) is 32.1 Å². The molecule has 0 aromatic rings. The minimum absolute atomic E-state index is 0.125. The molecule has 2 N–H and O–H groups in total. The molecule has 0 bridgehead atoms. The molecule has 0 aromatic heterocycles. The van der Waals surface area contributed by atoms with Crippen molar-refractivity contribution in [2.75, 3.05) is 32.7 Å². The molecule has 2 rings (SSSR count). The lowest BCUT2D eigenvalue weighted by molar-refractivity contribution is -0.143. The second-order valence-electron chi connectivity index (χ2n) is 7.53. The highest BCUT2D eigenvalue weighted by Gasteiger charge is 2.32. The van der Waals surface area contributed by atoms with Crippen LogP contribution in [0, 0.1) is 17.8 Å². The Bertz CT molecular complexity index is 421. The van der Waals surface area contributed by atoms with E-state index >= 15 is 0 Å². The van der Waals surface area contributed by atoms with Gasteiger partial charge in [0, 0.05) is 25.7 Å². The van der Waals surface area contributed by atoms with E-state index in [4.69, 9.17) is 0 Å². The summed E-state index contributed by atoms with van der Waals surface area (Å²) in [5, 5.41) is 12.2. The molecular weight excluding hydrogens is 294 g/mol. The summed E-state index contributed by atoms with van der Waals surface area (Å²) < 4.78 is 0. The number of hydrogen-bond donors (Lipinski definition) is 2. The lowest BCUT2D eigenvalue weighted by Crippen LogP contribution is -2.52. The van der Waals surface area contributed by atoms with E-state index in [0.717, 1.165) is 19.0 Å². The number of carboxylic acid groups (broad SMARTS) is 1. The second-order valence-corrected chi connectivity index (χ2v) is 7.53. The van der Waals surface area contributed by atoms with E-state index in [9.17, 15) is 14.7 Å². The second kappa shape index (κ2) is 7.99. The van der Waals surface area contributed by atoms with Gasteiger partial charge >= 0.3 is 12.0 Å². The highest BCUT2D eigenvalue weighted by Crippen LogP contribution is 2.22. The zero-order chi connectivity index (χ0) is 17.0. The fourth-order valence-corrected chi connectivity index (χ4v) is 3.64. The van der Waals surface area contributed by atoms with Crippen LogP contribution in [0.1, 0.15) is 40.0 Å². The maximum Gasteiger partial charge on any atom is 0.317 e. The van der Waals surface area contributed by atoms with Crippen molar-refractivity contribution in [2.24, 2.45) is 17.8 Å². The van der Waals surface area contributed by atoms with Crippen LogP contribution < -0.4 is 5.32 Å². The van der Waals surface area contributed by atoms with Crippen molar-refractivity contribution in [3.05, 3.63) is 0 Å². The fourth-order valence-electron chi connectivity index (χ4n) is 3.64. The highest BCUT2D eigenvalue weighted by molar-refractivity contribution is 5.76. The van der Waals surface area contributed by atoms with Gasteiger partial charge in [0.2, 0.25) is 0 Å². The SMILES string of the molecule is CC1CCN(C(C)CNC(=O)N2CC(C)CC(C(=O)O)C2)CC1. The van der Waals surface area contributed by atoms with Crippen molar-refractivity contribution in [2.45, 2.75) is 46.1 Å². The third-order valence-corrected chi connectivity index (χ3v) is 5.29. The standard InChI is InChI=1S/C17H31N3O3/c1-12-4-6-19(7-5-12)14(3)9-18-17(23)20-10-13(2)8-15(11-20)16(21)22/h12-15H,4-11H2,1-3H3,(H,18,23)(H,21,22). The van der Waals surface area contributed by atoms with Gasteiger partial charge in [-0.25, -0.2) is 4.79 Å². The minimum Gasteiger partial charge on any atom is -0.481 e. The minimum atomic E-state index is -0.801. The number of aliphatic carboxylic acids is 1. The molecule has 6 nitrogen and oxygen atoms in total. The Morgan fingerprint density at radius 3 is 2.43 bits per heavy atom. The van der Waals surface area contributed by atoms with Crippen LogP contribution >= 0.6 is 0 Å². The van der Waals surface area contributed by atoms with Crippen LogP contribution in [0.5, 0.6) is 0 Å². The van der Waals surface area contributed by atoms with Crippen LogP contribution in [0.2, 0.25) is 0 Å². The van der Waals surface area contributed by atoms with E-state index in [1.54, 1.807) is 4.90 Å². The maximum absolute atomic E-state index is 12.4. The average molecular weight is 325 g/mol. The Labute approximate surface area is 139 Å². The van der Waals surface area contributed by atoms with E-state index < -0.39 is 11.9 Å². The monoisotopic (exact) mass is 325 g/mol. The molecular formula is C17H31N3O3. The fraction of sp³-hybridized carbons (Fsp3) is 0.882. The third kappa shape index (κ3) is 5.09. The lowest BCUT2D eigenvalue weighted by Gasteiger charge is -2.37. The molecule has 2 aliphatic heterocycles. The molecule has 2 amide bonds. The predicted molar refractivity (Wildman–Crippen MR) is 89.3 cm³/mol. The normalized spacial score (nSPS) is 28.4. The Balaban J connectivity index is 1.78. The molecule has 6 heteroatoms. The first kappa shape index (κ1) is 18.0. The van der Waals surface area contributed by atoms with Gasteiger partial charge in [-0.2, -0.15) is 0 Å². The molecule has 2 fully saturated rings. The molecule has 2 heterocycles. The number of nitrogens with zero attached hydrogens (tertiary/aromatic N) is 2. The number of hydrogen-bond acceptors (Lipinski definition) is 3. The largest absolute Gasteiger partial charge is 0.481 e. The lowest BCUT2D eigenvalue weighted by atomic mass is 9.91. The van der Waals surface area contributed by atoms with Gasteiger partial charge < -0.3 is 15.3 Å². The van der Waals surface area contributed by atoms with Crippen LogP contribution in [0.25, 0.3) is 0 Å². The van der Waals surface area contributed by atoms with Gasteiger partial charge in [-0.05, 0) is 51.1 Å². The summed E-state index contributed by atoms with van der Waals surface area (Å²) in [6.45, 7) is 10.2. The quantitative estimate of drug-likeness (QED) is 0.827. The van der Waals surface area contributed by atoms with Crippen LogP contribution in [-0.2, 0) is 4.79 Å². The third-order valence-electron chi connectivity index (χ3n) is 5.29. The molecule has 2 saturated heterocycles. The summed E-state index contributed by atoms with van der Waals surface area (Å²) in [5.41, 5.74) is 0. The van der Waals surface area contributed by atoms with Crippen molar-refractivity contribution in [3.63, 3.8) is 0 Å². The molecule has 3 unspecified atom stereocenters. The van der Waals surface area contributed by atoms with Crippen molar-refractivity contribution >= 4 is 12.0 Å². The number of likely N-dealkylation sites (tertiary alicyclic amines) is 2. The molecule has 0 radical (unpaired) electrons. The molecule has 0 aromatic carbocycles. The molecule has 23 heavy (non-hydrogen) atoms. The highest BCUT2D eigenvalue weighted by atomic mass is 16.4. The summed E-state index contributed by atoms with van der Waals surface area (Å²) in [6.07, 6.45) is 3.10. The summed E-state index contributed by atoms with van der Waals surface area (Å²) in [5.74, 6) is -0.205. The van der Waals surface area contributed by atoms with Crippen LogP contribution in [0.15, 0.2) is 0 Å². The molecule has 0 saturated carbocycles. The van der Waals surface area contributed by atoms with E-state index in [2.05, 4.69) is 24.1 Å². The first-order valence-corrected chi connectivity index (χ1v) is 8.86. The number of carbonyl (C=O) groups excluding carboxylic acids is 1. The Kier molecular flexibility index (Phi) is 6.27. The first-order chi connectivity index (χ1) is 10.9. The summed E-state index contributed by atoms with van der Waals surface area (Å²) in [7, 11) is 0. The van der Waals surface area contributed by atoms with Gasteiger partial charge in [0.1, 0.15) is 0 Å². The number of rotatable bonds is 4. The molecule has 0 spiro atoms. The van der Waals surface area contributed by atoms with Crippen LogP contribution in [0.4, 0.5) is 4.79 Å². The number of carboxylic acids is 1. The Morgan fingerprint density at radius 2 is 1.83 bits per heavy atom. The molecule has 3 atom stereocenters. The van der Waals surface area contributed by atoms with Crippen LogP contribution in [-0.4, -0.2) is 65.7 Å². The van der Waals surface area contributed by atoms with Gasteiger partial charge in [-0.1, -0.05) is 13.8 Å². The van der Waals surface area contributed by atoms with Crippen LogP contribution in [0.3, 0.4) is 0 Å². The summed E-state index contributed by atoms with van der Waals surface area (Å²) in [4.78, 5) is 27.7. The molecule has 2 aliphatic rings. The van der Waals surface area contributed by atoms with Crippen molar-refractivity contribution in [1.82, 2.24) is 15.1 Å². The van der Waals surface area contributed by atoms with E-state index in [-0.39, 0.29) is 11.9 Å². The topological polar surface area (TPSA) is 72.9 Å². The number of carbonyl (C=O) groups is 2. The van der Waals surface area contributed by atoms with Gasteiger partial charge in [-0.3, -0.25) is 9.69 Å². The number of piperidine rings is 2. The Hall–Kier alpha value is -1.30. The van der Waals surface area contributed by atoms with Gasteiger partial charge in [0.05, 0.1) is 5.92 Å². The number of amides is 2. The van der Waals surface area contributed by atoms with Crippen molar-refractivity contribution in [3.8, 4) is 0 Å². The van der Waals surface area contributed by atoms with Gasteiger partial charge in [0.15, 0.2) is 0 Å². The Morgan fingerprint density at radius 1 is 1.17 bits per heavy atom. The summed E-state index contributed by atoms with van der Waals surface area (Å²) in [6, 6.07) is 0.198. The van der Waals surface area contributed by atoms with E-state index in [1.165, 1.54) is 12.8 Å². The zero-order valence-electron chi connectivity index (χ0n) is 14.6. The van der Waals surface area contributed by atoms with Crippen molar-refractivity contribution < 1.29 is 14.7 Å². The predicted octanol–water partition coefficient (Wildman–Crippen LogP) is 1.86. The first-order valence-electron chi connectivity index (χ1n) is 8.86. The molecule has 132 valence electrons. The smallest absolute Gasteiger partial charge is 0.317 e. The number of nitrogens with one attached hydrogen (secondary N) is 1. The van der Waals surface area contributed by atoms with Gasteiger partial charge in [-0.15, -0.1) is 0 Å². The van der Waals surface area contributed by atoms with E-state index in [1.807, 2.05) is 6.92 Å². The zero-order valence-corrected chi connectivity index (χ0v) is 14.6. The number of urea groups is 1. The average Bonchev–Trinajstić information content (AvgIpc) is 2.52. The maximum atomic E-state index is 12.4. The molecule has 0 aliphatic carbocycles.